The van der Waals surface area contributed by atoms with Crippen LogP contribution in [-0.2, 0) is 0 Å². The van der Waals surface area contributed by atoms with Crippen LogP contribution in [0.4, 0.5) is 5.69 Å². The summed E-state index contributed by atoms with van der Waals surface area (Å²) < 4.78 is 0. The minimum Gasteiger partial charge on any atom is -0.378 e. The lowest BCUT2D eigenvalue weighted by Crippen LogP contribution is -2.20. The number of benzene rings is 1. The van der Waals surface area contributed by atoms with Crippen LogP contribution < -0.4 is 10.3 Å². The predicted octanol–water partition coefficient (Wildman–Crippen LogP) is 3.44. The number of anilines is 1. The van der Waals surface area contributed by atoms with Crippen molar-refractivity contribution in [2.45, 2.75) is 39.5 Å². The molecular formula is C16H25N3O. The fourth-order valence-corrected chi connectivity index (χ4v) is 1.92. The van der Waals surface area contributed by atoms with E-state index in [0.717, 1.165) is 37.1 Å². The van der Waals surface area contributed by atoms with E-state index in [1.54, 1.807) is 0 Å². The van der Waals surface area contributed by atoms with E-state index < -0.39 is 0 Å². The molecule has 4 nitrogen and oxygen atoms in total. The Morgan fingerprint density at radius 3 is 2.10 bits per heavy atom. The highest BCUT2D eigenvalue weighted by molar-refractivity contribution is 5.95. The molecule has 0 saturated carbocycles. The molecule has 0 saturated heterocycles. The zero-order valence-electron chi connectivity index (χ0n) is 12.9. The first kappa shape index (κ1) is 16.2. The van der Waals surface area contributed by atoms with Gasteiger partial charge in [-0.2, -0.15) is 5.10 Å². The number of nitrogens with one attached hydrogen (secondary N) is 1. The Labute approximate surface area is 121 Å². The Morgan fingerprint density at radius 1 is 1.10 bits per heavy atom. The highest BCUT2D eigenvalue weighted by Crippen LogP contribution is 2.12. The molecule has 0 spiro atoms. The van der Waals surface area contributed by atoms with Gasteiger partial charge in [-0.25, -0.2) is 5.43 Å². The SMILES string of the molecule is CCCC(CCC)=NNC(=O)c1ccc(N(C)C)cc1. The Bertz CT molecular complexity index is 441. The normalized spacial score (nSPS) is 10.0. The Hall–Kier alpha value is -1.84. The second-order valence-corrected chi connectivity index (χ2v) is 5.06. The fourth-order valence-electron chi connectivity index (χ4n) is 1.92. The summed E-state index contributed by atoms with van der Waals surface area (Å²) in [7, 11) is 3.95. The molecule has 20 heavy (non-hydrogen) atoms. The number of amides is 1. The van der Waals surface area contributed by atoms with Crippen LogP contribution in [0.15, 0.2) is 29.4 Å². The number of carbonyl (C=O) groups excluding carboxylic acids is 1. The van der Waals surface area contributed by atoms with Crippen molar-refractivity contribution >= 4 is 17.3 Å². The molecule has 1 rings (SSSR count). The zero-order chi connectivity index (χ0) is 15.0. The van der Waals surface area contributed by atoms with Gasteiger partial charge >= 0.3 is 0 Å². The Balaban J connectivity index is 2.67. The van der Waals surface area contributed by atoms with E-state index in [9.17, 15) is 4.79 Å². The number of hydrazone groups is 1. The number of rotatable bonds is 7. The van der Waals surface area contributed by atoms with Crippen molar-refractivity contribution < 1.29 is 4.79 Å². The van der Waals surface area contributed by atoms with Gasteiger partial charge in [0, 0.05) is 31.1 Å². The maximum absolute atomic E-state index is 12.0. The lowest BCUT2D eigenvalue weighted by molar-refractivity contribution is 0.0954. The quantitative estimate of drug-likeness (QED) is 0.612. The molecule has 0 radical (unpaired) electrons. The van der Waals surface area contributed by atoms with Gasteiger partial charge in [-0.15, -0.1) is 0 Å². The molecule has 1 aromatic rings. The molecule has 0 bridgehead atoms. The summed E-state index contributed by atoms with van der Waals surface area (Å²) in [6, 6.07) is 7.49. The van der Waals surface area contributed by atoms with Crippen LogP contribution in [0, 0.1) is 0 Å². The van der Waals surface area contributed by atoms with Crippen LogP contribution in [0.2, 0.25) is 0 Å². The van der Waals surface area contributed by atoms with Crippen LogP contribution in [0.5, 0.6) is 0 Å². The average molecular weight is 275 g/mol. The van der Waals surface area contributed by atoms with E-state index in [2.05, 4.69) is 24.4 Å². The van der Waals surface area contributed by atoms with Crippen LogP contribution in [0.1, 0.15) is 49.9 Å². The first-order chi connectivity index (χ1) is 9.58. The highest BCUT2D eigenvalue weighted by Gasteiger charge is 2.05. The van der Waals surface area contributed by atoms with E-state index in [4.69, 9.17) is 0 Å². The number of hydrogen-bond acceptors (Lipinski definition) is 3. The predicted molar refractivity (Wildman–Crippen MR) is 85.5 cm³/mol. The van der Waals surface area contributed by atoms with E-state index in [1.807, 2.05) is 43.3 Å². The molecule has 0 unspecified atom stereocenters. The van der Waals surface area contributed by atoms with E-state index >= 15 is 0 Å². The molecule has 0 fully saturated rings. The third-order valence-electron chi connectivity index (χ3n) is 3.04. The summed E-state index contributed by atoms with van der Waals surface area (Å²) in [5.41, 5.74) is 5.42. The van der Waals surface area contributed by atoms with E-state index in [0.29, 0.717) is 5.56 Å². The average Bonchev–Trinajstić information content (AvgIpc) is 2.45. The van der Waals surface area contributed by atoms with Gasteiger partial charge in [-0.1, -0.05) is 26.7 Å². The van der Waals surface area contributed by atoms with E-state index in [-0.39, 0.29) is 5.91 Å². The molecule has 110 valence electrons. The summed E-state index contributed by atoms with van der Waals surface area (Å²) in [5.74, 6) is -0.153. The van der Waals surface area contributed by atoms with Crippen molar-refractivity contribution in [3.8, 4) is 0 Å². The largest absolute Gasteiger partial charge is 0.378 e. The van der Waals surface area contributed by atoms with Gasteiger partial charge in [-0.3, -0.25) is 4.79 Å². The van der Waals surface area contributed by atoms with Gasteiger partial charge in [0.25, 0.3) is 5.91 Å². The topological polar surface area (TPSA) is 44.7 Å². The van der Waals surface area contributed by atoms with Crippen molar-refractivity contribution in [2.24, 2.45) is 5.10 Å². The van der Waals surface area contributed by atoms with Gasteiger partial charge in [0.15, 0.2) is 0 Å². The minimum absolute atomic E-state index is 0.153. The molecule has 0 aliphatic heterocycles. The molecule has 1 aromatic carbocycles. The van der Waals surface area contributed by atoms with Gasteiger partial charge in [-0.05, 0) is 37.1 Å². The minimum atomic E-state index is -0.153. The van der Waals surface area contributed by atoms with Crippen molar-refractivity contribution in [3.63, 3.8) is 0 Å². The number of nitrogens with zero attached hydrogens (tertiary/aromatic N) is 2. The van der Waals surface area contributed by atoms with Gasteiger partial charge in [0.2, 0.25) is 0 Å². The summed E-state index contributed by atoms with van der Waals surface area (Å²) in [6.07, 6.45) is 3.97. The summed E-state index contributed by atoms with van der Waals surface area (Å²) in [4.78, 5) is 14.0. The van der Waals surface area contributed by atoms with Gasteiger partial charge < -0.3 is 4.90 Å². The number of carbonyl (C=O) groups is 1. The molecule has 0 atom stereocenters. The Morgan fingerprint density at radius 2 is 1.65 bits per heavy atom. The van der Waals surface area contributed by atoms with Crippen molar-refractivity contribution in [1.82, 2.24) is 5.43 Å². The lowest BCUT2D eigenvalue weighted by Gasteiger charge is -2.12. The van der Waals surface area contributed by atoms with Crippen LogP contribution in [-0.4, -0.2) is 25.7 Å². The summed E-state index contributed by atoms with van der Waals surface area (Å²) in [6.45, 7) is 4.24. The highest BCUT2D eigenvalue weighted by atomic mass is 16.2. The first-order valence-corrected chi connectivity index (χ1v) is 7.21. The van der Waals surface area contributed by atoms with Crippen molar-refractivity contribution in [3.05, 3.63) is 29.8 Å². The second-order valence-electron chi connectivity index (χ2n) is 5.06. The lowest BCUT2D eigenvalue weighted by atomic mass is 10.1. The maximum Gasteiger partial charge on any atom is 0.271 e. The number of hydrogen-bond donors (Lipinski definition) is 1. The van der Waals surface area contributed by atoms with Gasteiger partial charge in [0.05, 0.1) is 0 Å². The Kier molecular flexibility index (Phi) is 6.77. The van der Waals surface area contributed by atoms with Crippen molar-refractivity contribution in [1.29, 1.82) is 0 Å². The molecule has 1 N–H and O–H groups in total. The summed E-state index contributed by atoms with van der Waals surface area (Å²) >= 11 is 0. The first-order valence-electron chi connectivity index (χ1n) is 7.21. The maximum atomic E-state index is 12.0. The molecule has 4 heteroatoms. The molecule has 0 aliphatic carbocycles. The van der Waals surface area contributed by atoms with Crippen LogP contribution in [0.3, 0.4) is 0 Å². The third kappa shape index (κ3) is 5.03. The third-order valence-corrected chi connectivity index (χ3v) is 3.04. The molecule has 0 heterocycles. The van der Waals surface area contributed by atoms with Crippen LogP contribution in [0.25, 0.3) is 0 Å². The zero-order valence-corrected chi connectivity index (χ0v) is 12.9. The molecule has 0 aliphatic rings. The second kappa shape index (κ2) is 8.35. The summed E-state index contributed by atoms with van der Waals surface area (Å²) in [5, 5.41) is 4.24. The van der Waals surface area contributed by atoms with Crippen molar-refractivity contribution in [2.75, 3.05) is 19.0 Å². The molecule has 1 amide bonds. The van der Waals surface area contributed by atoms with Gasteiger partial charge in [0.1, 0.15) is 0 Å². The van der Waals surface area contributed by atoms with E-state index in [1.165, 1.54) is 0 Å². The molecular weight excluding hydrogens is 250 g/mol. The smallest absolute Gasteiger partial charge is 0.271 e. The van der Waals surface area contributed by atoms with Crippen LogP contribution >= 0.6 is 0 Å². The monoisotopic (exact) mass is 275 g/mol. The fraction of sp³-hybridized carbons (Fsp3) is 0.500. The molecule has 0 aromatic heterocycles. The standard InChI is InChI=1S/C16H25N3O/c1-5-7-14(8-6-2)17-18-16(20)13-9-11-15(12-10-13)19(3)4/h9-12H,5-8H2,1-4H3,(H,18,20).